The summed E-state index contributed by atoms with van der Waals surface area (Å²) in [6.07, 6.45) is 4.13. The van der Waals surface area contributed by atoms with Crippen LogP contribution in [0.15, 0.2) is 52.6 Å². The van der Waals surface area contributed by atoms with Gasteiger partial charge in [0.1, 0.15) is 0 Å². The van der Waals surface area contributed by atoms with Crippen LogP contribution in [0.3, 0.4) is 0 Å². The Morgan fingerprint density at radius 2 is 1.61 bits per heavy atom. The molecule has 0 saturated heterocycles. The zero-order valence-corrected chi connectivity index (χ0v) is 22.4. The molecule has 192 valence electrons. The van der Waals surface area contributed by atoms with Crippen LogP contribution in [0.5, 0.6) is 0 Å². The number of nitrogens with two attached hydrogens (primary N) is 1. The maximum absolute atomic E-state index is 13.6. The minimum atomic E-state index is -0.572. The van der Waals surface area contributed by atoms with Crippen molar-refractivity contribution in [1.29, 1.82) is 5.53 Å². The van der Waals surface area contributed by atoms with Crippen molar-refractivity contribution in [1.82, 2.24) is 4.90 Å². The summed E-state index contributed by atoms with van der Waals surface area (Å²) in [6.45, 7) is 7.24. The smallest absolute Gasteiger partial charge is 0.280 e. The monoisotopic (exact) mass is 529 g/mol. The van der Waals surface area contributed by atoms with Crippen LogP contribution in [-0.4, -0.2) is 28.7 Å². The molecule has 0 atom stereocenters. The first kappa shape index (κ1) is 27.8. The van der Waals surface area contributed by atoms with Gasteiger partial charge in [0.25, 0.3) is 5.91 Å². The molecule has 0 unspecified atom stereocenters. The second-order valence-corrected chi connectivity index (χ2v) is 11.2. The second kappa shape index (κ2) is 12.0. The summed E-state index contributed by atoms with van der Waals surface area (Å²) in [7, 11) is 0. The van der Waals surface area contributed by atoms with Crippen molar-refractivity contribution in [3.8, 4) is 0 Å². The Labute approximate surface area is 222 Å². The van der Waals surface area contributed by atoms with Gasteiger partial charge in [-0.3, -0.25) is 9.59 Å². The lowest BCUT2D eigenvalue weighted by atomic mass is 9.71. The number of carbonyl (C=O) groups is 2. The Balaban J connectivity index is 1.82. The number of nitrogens with zero attached hydrogens (tertiary/aromatic N) is 3. The third-order valence-electron chi connectivity index (χ3n) is 6.96. The second-order valence-electron chi connectivity index (χ2n) is 10.4. The SMILES string of the molecule is CC(C)(C)C1CCC(N(Cc2ccc(C(=O)N=C(N)N=N)cc2)C(=O)Cc2c(Cl)cccc2Cl)CC1. The molecular weight excluding hydrogens is 497 g/mol. The zero-order chi connectivity index (χ0) is 26.5. The fourth-order valence-corrected chi connectivity index (χ4v) is 5.30. The first-order valence-electron chi connectivity index (χ1n) is 12.1. The van der Waals surface area contributed by atoms with Gasteiger partial charge >= 0.3 is 0 Å². The number of amides is 2. The van der Waals surface area contributed by atoms with E-state index >= 15 is 0 Å². The summed E-state index contributed by atoms with van der Waals surface area (Å²) >= 11 is 12.7. The number of carbonyl (C=O) groups excluding carboxylic acids is 2. The minimum Gasteiger partial charge on any atom is -0.366 e. The van der Waals surface area contributed by atoms with E-state index in [1.54, 1.807) is 42.5 Å². The van der Waals surface area contributed by atoms with Crippen molar-refractivity contribution < 1.29 is 9.59 Å². The molecule has 2 amide bonds. The van der Waals surface area contributed by atoms with Crippen LogP contribution >= 0.6 is 23.2 Å². The summed E-state index contributed by atoms with van der Waals surface area (Å²) in [5.74, 6) is -0.377. The Morgan fingerprint density at radius 3 is 2.14 bits per heavy atom. The molecule has 1 fully saturated rings. The lowest BCUT2D eigenvalue weighted by Gasteiger charge is -2.41. The normalized spacial score (nSPS) is 18.5. The molecule has 0 aromatic heterocycles. The average Bonchev–Trinajstić information content (AvgIpc) is 2.84. The molecule has 0 bridgehead atoms. The highest BCUT2D eigenvalue weighted by molar-refractivity contribution is 6.36. The van der Waals surface area contributed by atoms with E-state index in [1.165, 1.54) is 0 Å². The van der Waals surface area contributed by atoms with Gasteiger partial charge in [0, 0.05) is 28.2 Å². The van der Waals surface area contributed by atoms with Crippen LogP contribution in [0.4, 0.5) is 0 Å². The van der Waals surface area contributed by atoms with Crippen LogP contribution in [0.1, 0.15) is 67.9 Å². The number of guanidine groups is 1. The van der Waals surface area contributed by atoms with Gasteiger partial charge in [0.15, 0.2) is 0 Å². The van der Waals surface area contributed by atoms with Crippen molar-refractivity contribution in [3.05, 3.63) is 69.2 Å². The molecule has 0 aliphatic heterocycles. The summed E-state index contributed by atoms with van der Waals surface area (Å²) in [4.78, 5) is 31.3. The Bertz CT molecular complexity index is 1110. The number of benzene rings is 2. The van der Waals surface area contributed by atoms with E-state index in [-0.39, 0.29) is 23.8 Å². The predicted octanol–water partition coefficient (Wildman–Crippen LogP) is 6.66. The molecule has 1 saturated carbocycles. The summed E-state index contributed by atoms with van der Waals surface area (Å²) in [6, 6.07) is 12.3. The topological polar surface area (TPSA) is 112 Å². The van der Waals surface area contributed by atoms with Gasteiger partial charge in [-0.25, -0.2) is 5.53 Å². The molecule has 1 aliphatic carbocycles. The third-order valence-corrected chi connectivity index (χ3v) is 7.66. The molecule has 1 aliphatic rings. The Kier molecular flexibility index (Phi) is 9.25. The lowest BCUT2D eigenvalue weighted by molar-refractivity contribution is -0.134. The van der Waals surface area contributed by atoms with E-state index in [0.717, 1.165) is 31.2 Å². The first-order chi connectivity index (χ1) is 17.0. The van der Waals surface area contributed by atoms with Crippen molar-refractivity contribution in [2.24, 2.45) is 27.2 Å². The van der Waals surface area contributed by atoms with Crippen molar-refractivity contribution in [2.45, 2.75) is 65.5 Å². The molecule has 0 heterocycles. The van der Waals surface area contributed by atoms with Crippen molar-refractivity contribution >= 4 is 41.0 Å². The number of aliphatic imine (C=N–C) groups is 1. The molecule has 36 heavy (non-hydrogen) atoms. The quantitative estimate of drug-likeness (QED) is 0.248. The van der Waals surface area contributed by atoms with Crippen LogP contribution in [0.2, 0.25) is 10.0 Å². The van der Waals surface area contributed by atoms with Crippen molar-refractivity contribution in [2.75, 3.05) is 0 Å². The maximum atomic E-state index is 13.6. The highest BCUT2D eigenvalue weighted by atomic mass is 35.5. The van der Waals surface area contributed by atoms with Crippen molar-refractivity contribution in [3.63, 3.8) is 0 Å². The number of rotatable bonds is 6. The fourth-order valence-electron chi connectivity index (χ4n) is 4.77. The van der Waals surface area contributed by atoms with E-state index in [9.17, 15) is 9.59 Å². The van der Waals surface area contributed by atoms with E-state index in [4.69, 9.17) is 34.5 Å². The fraction of sp³-hybridized carbons (Fsp3) is 0.444. The minimum absolute atomic E-state index is 0.0289. The summed E-state index contributed by atoms with van der Waals surface area (Å²) in [5, 5.41) is 3.90. The first-order valence-corrected chi connectivity index (χ1v) is 12.8. The van der Waals surface area contributed by atoms with Crippen LogP contribution < -0.4 is 5.73 Å². The molecular formula is C27H33Cl2N5O2. The highest BCUT2D eigenvalue weighted by Crippen LogP contribution is 2.39. The average molecular weight is 531 g/mol. The van der Waals surface area contributed by atoms with Gasteiger partial charge in [-0.05, 0) is 72.4 Å². The molecule has 2 aromatic rings. The van der Waals surface area contributed by atoms with Gasteiger partial charge in [0.2, 0.25) is 11.9 Å². The molecule has 3 N–H and O–H groups in total. The molecule has 9 heteroatoms. The van der Waals surface area contributed by atoms with Crippen LogP contribution in [0, 0.1) is 16.9 Å². The van der Waals surface area contributed by atoms with Gasteiger partial charge in [-0.2, -0.15) is 4.99 Å². The summed E-state index contributed by atoms with van der Waals surface area (Å²) < 4.78 is 0. The number of hydrogen-bond donors (Lipinski definition) is 2. The standard InChI is InChI=1S/C27H33Cl2N5O2/c1-27(2,3)19-11-13-20(14-12-19)34(24(35)15-21-22(28)5-4-6-23(21)29)16-17-7-9-18(10-8-17)25(36)32-26(30)33-31/h4-10,19-20,31H,11-16H2,1-3H3,(H2,30,32,36). The maximum Gasteiger partial charge on any atom is 0.280 e. The lowest BCUT2D eigenvalue weighted by Crippen LogP contribution is -2.43. The molecule has 0 radical (unpaired) electrons. The van der Waals surface area contributed by atoms with E-state index in [1.807, 2.05) is 4.90 Å². The van der Waals surface area contributed by atoms with Gasteiger partial charge in [0.05, 0.1) is 6.42 Å². The van der Waals surface area contributed by atoms with E-state index in [0.29, 0.717) is 33.6 Å². The van der Waals surface area contributed by atoms with E-state index < -0.39 is 11.9 Å². The number of halogens is 2. The predicted molar refractivity (Wildman–Crippen MR) is 143 cm³/mol. The largest absolute Gasteiger partial charge is 0.366 e. The number of nitrogens with one attached hydrogen (secondary N) is 1. The van der Waals surface area contributed by atoms with Gasteiger partial charge in [-0.1, -0.05) is 62.2 Å². The van der Waals surface area contributed by atoms with Gasteiger partial charge in [-0.15, -0.1) is 5.11 Å². The number of hydrogen-bond acceptors (Lipinski definition) is 3. The molecule has 2 aromatic carbocycles. The Hall–Kier alpha value is -2.77. The van der Waals surface area contributed by atoms with E-state index in [2.05, 4.69) is 30.9 Å². The van der Waals surface area contributed by atoms with Crippen LogP contribution in [-0.2, 0) is 17.8 Å². The highest BCUT2D eigenvalue weighted by Gasteiger charge is 2.34. The van der Waals surface area contributed by atoms with Crippen LogP contribution in [0.25, 0.3) is 0 Å². The molecule has 3 rings (SSSR count). The molecule has 7 nitrogen and oxygen atoms in total. The Morgan fingerprint density at radius 1 is 1.03 bits per heavy atom. The molecule has 0 spiro atoms. The zero-order valence-electron chi connectivity index (χ0n) is 20.9. The summed E-state index contributed by atoms with van der Waals surface area (Å²) in [5.41, 5.74) is 14.3. The third kappa shape index (κ3) is 7.14. The van der Waals surface area contributed by atoms with Gasteiger partial charge < -0.3 is 10.6 Å².